The molecular formula is C10H9FO3. The Morgan fingerprint density at radius 3 is 2.86 bits per heavy atom. The van der Waals surface area contributed by atoms with Gasteiger partial charge in [-0.1, -0.05) is 6.07 Å². The van der Waals surface area contributed by atoms with Crippen molar-refractivity contribution in [1.82, 2.24) is 0 Å². The lowest BCUT2D eigenvalue weighted by atomic mass is 9.98. The Hall–Kier alpha value is -1.58. The van der Waals surface area contributed by atoms with E-state index in [-0.39, 0.29) is 17.7 Å². The third-order valence-corrected chi connectivity index (χ3v) is 2.59. The number of carboxylic acids is 1. The number of halogens is 1. The number of alkyl halides is 1. The Kier molecular flexibility index (Phi) is 1.74. The van der Waals surface area contributed by atoms with Crippen LogP contribution in [0.15, 0.2) is 18.2 Å². The summed E-state index contributed by atoms with van der Waals surface area (Å²) in [6.45, 7) is 0. The molecule has 0 radical (unpaired) electrons. The van der Waals surface area contributed by atoms with Gasteiger partial charge in [-0.05, 0) is 24.1 Å². The predicted octanol–water partition coefficient (Wildman–Crippen LogP) is 1.59. The first-order chi connectivity index (χ1) is 6.54. The first kappa shape index (κ1) is 8.99. The van der Waals surface area contributed by atoms with Gasteiger partial charge in [-0.2, -0.15) is 0 Å². The van der Waals surface area contributed by atoms with Gasteiger partial charge in [0, 0.05) is 12.0 Å². The van der Waals surface area contributed by atoms with Crippen molar-refractivity contribution in [1.29, 1.82) is 0 Å². The summed E-state index contributed by atoms with van der Waals surface area (Å²) < 4.78 is 13.9. The van der Waals surface area contributed by atoms with Crippen LogP contribution >= 0.6 is 0 Å². The normalized spacial score (nSPS) is 24.6. The van der Waals surface area contributed by atoms with Crippen LogP contribution in [-0.4, -0.2) is 16.2 Å². The third-order valence-electron chi connectivity index (χ3n) is 2.59. The fourth-order valence-electron chi connectivity index (χ4n) is 1.84. The van der Waals surface area contributed by atoms with Crippen LogP contribution in [0, 0.1) is 0 Å². The Labute approximate surface area is 79.8 Å². The van der Waals surface area contributed by atoms with E-state index >= 15 is 0 Å². The van der Waals surface area contributed by atoms with E-state index in [2.05, 4.69) is 0 Å². The second-order valence-electron chi connectivity index (χ2n) is 3.45. The minimum absolute atomic E-state index is 0.0402. The Bertz CT molecular complexity index is 402. The summed E-state index contributed by atoms with van der Waals surface area (Å²) in [5.41, 5.74) is -1.53. The van der Waals surface area contributed by atoms with Crippen LogP contribution in [-0.2, 0) is 16.9 Å². The van der Waals surface area contributed by atoms with Crippen molar-refractivity contribution < 1.29 is 19.4 Å². The first-order valence-electron chi connectivity index (χ1n) is 4.29. The summed E-state index contributed by atoms with van der Waals surface area (Å²) in [6, 6.07) is 4.06. The van der Waals surface area contributed by atoms with E-state index in [1.165, 1.54) is 18.2 Å². The van der Waals surface area contributed by atoms with Gasteiger partial charge in [0.1, 0.15) is 5.75 Å². The molecule has 3 nitrogen and oxygen atoms in total. The quantitative estimate of drug-likeness (QED) is 0.717. The lowest BCUT2D eigenvalue weighted by Gasteiger charge is -2.14. The fourth-order valence-corrected chi connectivity index (χ4v) is 1.84. The van der Waals surface area contributed by atoms with Gasteiger partial charge >= 0.3 is 5.97 Å². The van der Waals surface area contributed by atoms with Crippen molar-refractivity contribution in [2.24, 2.45) is 0 Å². The van der Waals surface area contributed by atoms with Gasteiger partial charge in [-0.25, -0.2) is 9.18 Å². The minimum Gasteiger partial charge on any atom is -0.508 e. The number of carbonyl (C=O) groups is 1. The number of aryl methyl sites for hydroxylation is 1. The molecule has 0 fully saturated rings. The van der Waals surface area contributed by atoms with Crippen molar-refractivity contribution in [3.8, 4) is 5.75 Å². The molecule has 1 aliphatic rings. The van der Waals surface area contributed by atoms with Crippen molar-refractivity contribution >= 4 is 5.97 Å². The Morgan fingerprint density at radius 1 is 1.50 bits per heavy atom. The maximum absolute atomic E-state index is 13.9. The van der Waals surface area contributed by atoms with Gasteiger partial charge in [0.25, 0.3) is 0 Å². The lowest BCUT2D eigenvalue weighted by Crippen LogP contribution is -2.27. The maximum Gasteiger partial charge on any atom is 0.346 e. The molecule has 0 bridgehead atoms. The van der Waals surface area contributed by atoms with E-state index in [1.807, 2.05) is 0 Å². The second-order valence-corrected chi connectivity index (χ2v) is 3.45. The van der Waals surface area contributed by atoms with E-state index in [9.17, 15) is 9.18 Å². The van der Waals surface area contributed by atoms with E-state index in [4.69, 9.17) is 10.2 Å². The van der Waals surface area contributed by atoms with E-state index < -0.39 is 11.6 Å². The van der Waals surface area contributed by atoms with E-state index in [1.54, 1.807) is 0 Å². The number of benzene rings is 1. The van der Waals surface area contributed by atoms with Crippen LogP contribution in [0.3, 0.4) is 0 Å². The van der Waals surface area contributed by atoms with Crippen LogP contribution in [0.2, 0.25) is 0 Å². The molecule has 0 heterocycles. The van der Waals surface area contributed by atoms with Crippen molar-refractivity contribution in [2.45, 2.75) is 18.5 Å². The average molecular weight is 196 g/mol. The Balaban J connectivity index is 2.55. The summed E-state index contributed by atoms with van der Waals surface area (Å²) in [7, 11) is 0. The molecule has 1 atom stereocenters. The molecule has 2 rings (SSSR count). The maximum atomic E-state index is 13.9. The summed E-state index contributed by atoms with van der Waals surface area (Å²) >= 11 is 0. The molecular weight excluding hydrogens is 187 g/mol. The summed E-state index contributed by atoms with van der Waals surface area (Å²) in [5, 5.41) is 17.9. The monoisotopic (exact) mass is 196 g/mol. The molecule has 1 aromatic carbocycles. The first-order valence-corrected chi connectivity index (χ1v) is 4.29. The lowest BCUT2D eigenvalue weighted by molar-refractivity contribution is -0.151. The molecule has 1 unspecified atom stereocenters. The highest BCUT2D eigenvalue weighted by Gasteiger charge is 2.46. The molecule has 0 aromatic heterocycles. The molecule has 4 heteroatoms. The van der Waals surface area contributed by atoms with Crippen LogP contribution < -0.4 is 0 Å². The number of hydrogen-bond donors (Lipinski definition) is 2. The van der Waals surface area contributed by atoms with E-state index in [0.29, 0.717) is 12.0 Å². The largest absolute Gasteiger partial charge is 0.508 e. The summed E-state index contributed by atoms with van der Waals surface area (Å²) in [5.74, 6) is -1.42. The van der Waals surface area contributed by atoms with Gasteiger partial charge in [0.2, 0.25) is 5.67 Å². The molecule has 0 spiro atoms. The molecule has 2 N–H and O–H groups in total. The van der Waals surface area contributed by atoms with Gasteiger partial charge in [0.15, 0.2) is 0 Å². The minimum atomic E-state index is -2.27. The zero-order valence-electron chi connectivity index (χ0n) is 7.33. The average Bonchev–Trinajstić information content (AvgIpc) is 2.45. The van der Waals surface area contributed by atoms with Crippen LogP contribution in [0.1, 0.15) is 17.5 Å². The number of rotatable bonds is 1. The summed E-state index contributed by atoms with van der Waals surface area (Å²) in [6.07, 6.45) is 0.299. The zero-order valence-corrected chi connectivity index (χ0v) is 7.33. The van der Waals surface area contributed by atoms with Gasteiger partial charge in [-0.15, -0.1) is 0 Å². The fraction of sp³-hybridized carbons (Fsp3) is 0.300. The highest BCUT2D eigenvalue weighted by Crippen LogP contribution is 2.41. The molecule has 1 aliphatic carbocycles. The van der Waals surface area contributed by atoms with Crippen molar-refractivity contribution in [3.63, 3.8) is 0 Å². The highest BCUT2D eigenvalue weighted by molar-refractivity contribution is 5.81. The standard InChI is InChI=1S/C10H9FO3/c11-10(9(13)14)4-3-6-5-7(12)1-2-8(6)10/h1-2,5,12H,3-4H2,(H,13,14). The molecule has 0 saturated carbocycles. The smallest absolute Gasteiger partial charge is 0.346 e. The van der Waals surface area contributed by atoms with Crippen LogP contribution in [0.5, 0.6) is 5.75 Å². The van der Waals surface area contributed by atoms with Gasteiger partial charge in [-0.3, -0.25) is 0 Å². The zero-order chi connectivity index (χ0) is 10.3. The number of aromatic hydroxyl groups is 1. The third kappa shape index (κ3) is 1.07. The number of fused-ring (bicyclic) bond motifs is 1. The molecule has 0 amide bonds. The number of carboxylic acid groups (broad SMARTS) is 1. The van der Waals surface area contributed by atoms with Crippen LogP contribution in [0.4, 0.5) is 4.39 Å². The highest BCUT2D eigenvalue weighted by atomic mass is 19.1. The topological polar surface area (TPSA) is 57.5 Å². The Morgan fingerprint density at radius 2 is 2.21 bits per heavy atom. The molecule has 74 valence electrons. The van der Waals surface area contributed by atoms with Crippen LogP contribution in [0.25, 0.3) is 0 Å². The second kappa shape index (κ2) is 2.70. The van der Waals surface area contributed by atoms with Crippen molar-refractivity contribution in [3.05, 3.63) is 29.3 Å². The number of phenolic OH excluding ortho intramolecular Hbond substituents is 1. The summed E-state index contributed by atoms with van der Waals surface area (Å²) in [4.78, 5) is 10.7. The predicted molar refractivity (Wildman–Crippen MR) is 46.8 cm³/mol. The van der Waals surface area contributed by atoms with Crippen molar-refractivity contribution in [2.75, 3.05) is 0 Å². The number of phenols is 1. The molecule has 0 aliphatic heterocycles. The van der Waals surface area contributed by atoms with Gasteiger partial charge in [0.05, 0.1) is 0 Å². The number of hydrogen-bond acceptors (Lipinski definition) is 2. The molecule has 1 aromatic rings. The molecule has 0 saturated heterocycles. The number of aliphatic carboxylic acids is 1. The van der Waals surface area contributed by atoms with Gasteiger partial charge < -0.3 is 10.2 Å². The molecule has 14 heavy (non-hydrogen) atoms. The SMILES string of the molecule is O=C(O)C1(F)CCc2cc(O)ccc21. The van der Waals surface area contributed by atoms with E-state index in [0.717, 1.165) is 0 Å².